The number of thiazole rings is 1. The number of hydrogen-bond acceptors (Lipinski definition) is 9. The number of pyridine rings is 1. The van der Waals surface area contributed by atoms with Gasteiger partial charge in [0.05, 0.1) is 46.0 Å². The molecule has 4 aliphatic rings. The standard InChI is InChI=1S/C38H47N5O7S/c1-23-30(51-22-41-23)25-7-5-24(6-8-25)17-40-33(46)29-16-27(44)20-43(29)34(47)31(36(2,3)4)42-32(45)26-15-28(19-39-18-26)50-21-37-9-12-38(13-10-37,14-11-37)35(48)49/h5-8,15,18-19,22,27,29,31,44H,9-14,16-17,20-21H2,1-4H3,(H,40,46)(H,42,45)(H,48,49)/t27-,29+,31-,37?,38?/m1/s1. The number of fused-ring (bicyclic) bond motifs is 3. The molecule has 272 valence electrons. The fourth-order valence-corrected chi connectivity index (χ4v) is 8.47. The number of carbonyl (C=O) groups is 4. The largest absolute Gasteiger partial charge is 0.491 e. The maximum Gasteiger partial charge on any atom is 0.309 e. The summed E-state index contributed by atoms with van der Waals surface area (Å²) in [5.74, 6) is -1.63. The van der Waals surface area contributed by atoms with Crippen molar-refractivity contribution in [3.05, 3.63) is 65.1 Å². The second-order valence-corrected chi connectivity index (χ2v) is 16.5. The number of aromatic nitrogens is 2. The van der Waals surface area contributed by atoms with Gasteiger partial charge < -0.3 is 30.5 Å². The molecule has 0 unspecified atom stereocenters. The summed E-state index contributed by atoms with van der Waals surface area (Å²) in [6, 6.07) is 7.55. The predicted molar refractivity (Wildman–Crippen MR) is 191 cm³/mol. The van der Waals surface area contributed by atoms with E-state index >= 15 is 0 Å². The number of aliphatic carboxylic acids is 1. The average molecular weight is 718 g/mol. The van der Waals surface area contributed by atoms with Gasteiger partial charge in [-0.25, -0.2) is 4.98 Å². The molecule has 1 aromatic carbocycles. The normalized spacial score (nSPS) is 24.9. The number of aliphatic hydroxyl groups excluding tert-OH is 1. The van der Waals surface area contributed by atoms with Gasteiger partial charge in [-0.3, -0.25) is 24.2 Å². The Balaban J connectivity index is 1.08. The van der Waals surface area contributed by atoms with Crippen LogP contribution in [0.15, 0.2) is 48.2 Å². The molecule has 3 aromatic rings. The Kier molecular flexibility index (Phi) is 10.2. The molecule has 51 heavy (non-hydrogen) atoms. The first-order valence-electron chi connectivity index (χ1n) is 17.6. The summed E-state index contributed by atoms with van der Waals surface area (Å²) in [4.78, 5) is 63.9. The molecule has 2 aromatic heterocycles. The van der Waals surface area contributed by atoms with Gasteiger partial charge >= 0.3 is 5.97 Å². The van der Waals surface area contributed by atoms with E-state index in [-0.39, 0.29) is 36.4 Å². The van der Waals surface area contributed by atoms with Gasteiger partial charge in [-0.1, -0.05) is 45.0 Å². The molecule has 7 rings (SSSR count). The summed E-state index contributed by atoms with van der Waals surface area (Å²) >= 11 is 1.57. The Morgan fingerprint density at radius 2 is 1.75 bits per heavy atom. The number of ether oxygens (including phenoxy) is 1. The van der Waals surface area contributed by atoms with Crippen LogP contribution in [-0.4, -0.2) is 80.1 Å². The lowest BCUT2D eigenvalue weighted by molar-refractivity contribution is -0.160. The van der Waals surface area contributed by atoms with Crippen molar-refractivity contribution in [1.82, 2.24) is 25.5 Å². The van der Waals surface area contributed by atoms with Crippen molar-refractivity contribution < 1.29 is 34.1 Å². The summed E-state index contributed by atoms with van der Waals surface area (Å²) < 4.78 is 6.14. The molecule has 3 saturated carbocycles. The fourth-order valence-electron chi connectivity index (χ4n) is 7.65. The molecular formula is C38H47N5O7S. The number of hydrogen-bond donors (Lipinski definition) is 4. The minimum atomic E-state index is -1.00. The number of carboxylic acids is 1. The van der Waals surface area contributed by atoms with Crippen molar-refractivity contribution >= 4 is 35.0 Å². The number of β-amino-alcohol motifs (C(OH)–C–C–N with tert-alkyl or cyclic N) is 1. The van der Waals surface area contributed by atoms with Crippen LogP contribution in [0.25, 0.3) is 10.4 Å². The van der Waals surface area contributed by atoms with Crippen LogP contribution in [0.2, 0.25) is 0 Å². The number of nitrogens with zero attached hydrogens (tertiary/aromatic N) is 3. The van der Waals surface area contributed by atoms with Gasteiger partial charge in [-0.05, 0) is 68.1 Å². The van der Waals surface area contributed by atoms with E-state index in [1.165, 1.54) is 11.1 Å². The molecule has 0 radical (unpaired) electrons. The zero-order valence-electron chi connectivity index (χ0n) is 29.6. The van der Waals surface area contributed by atoms with Gasteiger partial charge in [0.1, 0.15) is 17.8 Å². The van der Waals surface area contributed by atoms with Gasteiger partial charge in [-0.2, -0.15) is 0 Å². The van der Waals surface area contributed by atoms with Gasteiger partial charge in [0.15, 0.2) is 0 Å². The van der Waals surface area contributed by atoms with Crippen molar-refractivity contribution in [1.29, 1.82) is 0 Å². The minimum absolute atomic E-state index is 0.0253. The van der Waals surface area contributed by atoms with Crippen molar-refractivity contribution in [3.8, 4) is 16.2 Å². The van der Waals surface area contributed by atoms with E-state index in [1.807, 2.05) is 57.5 Å². The molecule has 2 bridgehead atoms. The minimum Gasteiger partial charge on any atom is -0.491 e. The maximum atomic E-state index is 14.1. The van der Waals surface area contributed by atoms with Gasteiger partial charge in [0, 0.05) is 31.1 Å². The molecule has 12 nitrogen and oxygen atoms in total. The molecule has 3 heterocycles. The quantitative estimate of drug-likeness (QED) is 0.219. The van der Waals surface area contributed by atoms with E-state index in [1.54, 1.807) is 23.6 Å². The van der Waals surface area contributed by atoms with Crippen molar-refractivity contribution in [2.24, 2.45) is 16.2 Å². The number of carbonyl (C=O) groups excluding carboxylic acids is 3. The smallest absolute Gasteiger partial charge is 0.309 e. The topological polar surface area (TPSA) is 171 Å². The van der Waals surface area contributed by atoms with Gasteiger partial charge in [0.25, 0.3) is 5.91 Å². The zero-order chi connectivity index (χ0) is 36.6. The highest BCUT2D eigenvalue weighted by Gasteiger charge is 2.53. The summed E-state index contributed by atoms with van der Waals surface area (Å²) in [6.45, 7) is 8.11. The monoisotopic (exact) mass is 717 g/mol. The lowest BCUT2D eigenvalue weighted by Crippen LogP contribution is -2.57. The molecule has 4 N–H and O–H groups in total. The number of likely N-dealkylation sites (tertiary alicyclic amines) is 1. The molecule has 13 heteroatoms. The Bertz CT molecular complexity index is 1760. The second kappa shape index (κ2) is 14.3. The highest BCUT2D eigenvalue weighted by molar-refractivity contribution is 7.13. The number of aryl methyl sites for hydroxylation is 1. The first-order valence-corrected chi connectivity index (χ1v) is 18.4. The molecule has 3 amide bonds. The molecule has 1 saturated heterocycles. The van der Waals surface area contributed by atoms with Crippen LogP contribution in [0, 0.1) is 23.2 Å². The highest BCUT2D eigenvalue weighted by atomic mass is 32.1. The number of carboxylic acid groups (broad SMARTS) is 1. The number of rotatable bonds is 11. The Morgan fingerprint density at radius 3 is 2.35 bits per heavy atom. The number of aliphatic hydroxyl groups is 1. The number of amides is 3. The van der Waals surface area contributed by atoms with Crippen LogP contribution in [0.5, 0.6) is 5.75 Å². The third-order valence-corrected chi connectivity index (χ3v) is 12.0. The highest BCUT2D eigenvalue weighted by Crippen LogP contribution is 2.57. The maximum absolute atomic E-state index is 14.1. The van der Waals surface area contributed by atoms with Crippen LogP contribution in [-0.2, 0) is 20.9 Å². The summed E-state index contributed by atoms with van der Waals surface area (Å²) in [7, 11) is 0. The first-order chi connectivity index (χ1) is 24.2. The van der Waals surface area contributed by atoms with Gasteiger partial charge in [0.2, 0.25) is 11.8 Å². The first kappa shape index (κ1) is 36.4. The Morgan fingerprint density at radius 1 is 1.06 bits per heavy atom. The van der Waals surface area contributed by atoms with Crippen molar-refractivity contribution in [2.45, 2.75) is 97.4 Å². The van der Waals surface area contributed by atoms with Gasteiger partial charge in [-0.15, -0.1) is 11.3 Å². The van der Waals surface area contributed by atoms with Crippen LogP contribution in [0.4, 0.5) is 0 Å². The summed E-state index contributed by atoms with van der Waals surface area (Å²) in [6.07, 6.45) is 6.46. The van der Waals surface area contributed by atoms with Crippen LogP contribution in [0.3, 0.4) is 0 Å². The van der Waals surface area contributed by atoms with Crippen LogP contribution < -0.4 is 15.4 Å². The molecule has 4 fully saturated rings. The number of benzene rings is 1. The number of nitrogens with one attached hydrogen (secondary N) is 2. The summed E-state index contributed by atoms with van der Waals surface area (Å²) in [5.41, 5.74) is 3.51. The van der Waals surface area contributed by atoms with E-state index < -0.39 is 46.8 Å². The van der Waals surface area contributed by atoms with Crippen molar-refractivity contribution in [3.63, 3.8) is 0 Å². The third-order valence-electron chi connectivity index (χ3n) is 11.1. The lowest BCUT2D eigenvalue weighted by atomic mass is 9.54. The van der Waals surface area contributed by atoms with E-state index in [9.17, 15) is 29.4 Å². The predicted octanol–water partition coefficient (Wildman–Crippen LogP) is 4.74. The fraction of sp³-hybridized carbons (Fsp3) is 0.526. The second-order valence-electron chi connectivity index (χ2n) is 15.6. The zero-order valence-corrected chi connectivity index (χ0v) is 30.4. The molecule has 3 aliphatic carbocycles. The molecule has 3 atom stereocenters. The molecule has 0 spiro atoms. The third kappa shape index (κ3) is 7.79. The lowest BCUT2D eigenvalue weighted by Gasteiger charge is -2.51. The van der Waals surface area contributed by atoms with E-state index in [4.69, 9.17) is 4.74 Å². The average Bonchev–Trinajstić information content (AvgIpc) is 3.74. The van der Waals surface area contributed by atoms with Crippen molar-refractivity contribution in [2.75, 3.05) is 13.2 Å². The summed E-state index contributed by atoms with van der Waals surface area (Å²) in [5, 5.41) is 26.1. The van der Waals surface area contributed by atoms with E-state index in [0.29, 0.717) is 31.6 Å². The molecule has 1 aliphatic heterocycles. The van der Waals surface area contributed by atoms with E-state index in [2.05, 4.69) is 20.6 Å². The van der Waals surface area contributed by atoms with Crippen LogP contribution in [0.1, 0.15) is 87.3 Å². The SMILES string of the molecule is Cc1ncsc1-c1ccc(CNC(=O)[C@@H]2C[C@@H](O)CN2C(=O)[C@@H](NC(=O)c2cncc(OCC34CCC(C(=O)O)(CC3)CC4)c2)C(C)(C)C)cc1. The Hall–Kier alpha value is -4.36. The van der Waals surface area contributed by atoms with Crippen LogP contribution >= 0.6 is 11.3 Å². The van der Waals surface area contributed by atoms with E-state index in [0.717, 1.165) is 41.0 Å². The molecular weight excluding hydrogens is 671 g/mol. The Labute approximate surface area is 302 Å².